The summed E-state index contributed by atoms with van der Waals surface area (Å²) in [5, 5.41) is 9.39. The minimum Gasteiger partial charge on any atom is -0.394 e. The molecule has 7 heteroatoms. The molecular formula is C13H13BrN2O3S. The Morgan fingerprint density at radius 3 is 2.55 bits per heavy atom. The first kappa shape index (κ1) is 15.1. The summed E-state index contributed by atoms with van der Waals surface area (Å²) in [4.78, 5) is 3.87. The molecule has 2 aromatic rings. The van der Waals surface area contributed by atoms with Crippen molar-refractivity contribution in [3.8, 4) is 0 Å². The molecule has 2 N–H and O–H groups in total. The molecule has 1 atom stereocenters. The van der Waals surface area contributed by atoms with Crippen LogP contribution in [0.25, 0.3) is 0 Å². The summed E-state index contributed by atoms with van der Waals surface area (Å²) in [5.41, 5.74) is 0.696. The van der Waals surface area contributed by atoms with Gasteiger partial charge in [-0.15, -0.1) is 0 Å². The predicted molar refractivity (Wildman–Crippen MR) is 78.5 cm³/mol. The molecule has 0 unspecified atom stereocenters. The highest BCUT2D eigenvalue weighted by molar-refractivity contribution is 9.10. The fourth-order valence-electron chi connectivity index (χ4n) is 1.69. The van der Waals surface area contributed by atoms with Crippen molar-refractivity contribution in [2.75, 3.05) is 6.61 Å². The maximum Gasteiger partial charge on any atom is 0.242 e. The van der Waals surface area contributed by atoms with Crippen molar-refractivity contribution in [2.45, 2.75) is 10.9 Å². The summed E-state index contributed by atoms with van der Waals surface area (Å²) in [6.45, 7) is -0.329. The Morgan fingerprint density at radius 1 is 1.25 bits per heavy atom. The summed E-state index contributed by atoms with van der Waals surface area (Å²) in [7, 11) is -3.74. The lowest BCUT2D eigenvalue weighted by Gasteiger charge is -2.16. The van der Waals surface area contributed by atoms with E-state index in [1.807, 2.05) is 6.07 Å². The van der Waals surface area contributed by atoms with Gasteiger partial charge in [0.2, 0.25) is 10.0 Å². The number of benzene rings is 1. The molecule has 20 heavy (non-hydrogen) atoms. The molecule has 0 saturated carbocycles. The van der Waals surface area contributed by atoms with Gasteiger partial charge in [0.05, 0.1) is 12.6 Å². The van der Waals surface area contributed by atoms with Crippen LogP contribution in [0.5, 0.6) is 0 Å². The van der Waals surface area contributed by atoms with Gasteiger partial charge in [0.1, 0.15) is 4.90 Å². The van der Waals surface area contributed by atoms with E-state index >= 15 is 0 Å². The van der Waals surface area contributed by atoms with Gasteiger partial charge in [0, 0.05) is 16.9 Å². The van der Waals surface area contributed by atoms with E-state index in [4.69, 9.17) is 0 Å². The number of hydrogen-bond acceptors (Lipinski definition) is 4. The third-order valence-electron chi connectivity index (χ3n) is 2.67. The predicted octanol–water partition coefficient (Wildman–Crippen LogP) is 1.86. The number of hydrogen-bond donors (Lipinski definition) is 2. The van der Waals surface area contributed by atoms with Crippen molar-refractivity contribution in [3.05, 3.63) is 58.8 Å². The smallest absolute Gasteiger partial charge is 0.242 e. The Bertz CT molecular complexity index is 677. The van der Waals surface area contributed by atoms with Gasteiger partial charge < -0.3 is 5.11 Å². The molecule has 5 nitrogen and oxygen atoms in total. The summed E-state index contributed by atoms with van der Waals surface area (Å²) < 4.78 is 27.5. The number of halogens is 1. The third kappa shape index (κ3) is 3.63. The monoisotopic (exact) mass is 356 g/mol. The van der Waals surface area contributed by atoms with Crippen molar-refractivity contribution >= 4 is 26.0 Å². The van der Waals surface area contributed by atoms with Crippen molar-refractivity contribution < 1.29 is 13.5 Å². The zero-order valence-electron chi connectivity index (χ0n) is 10.4. The maximum atomic E-state index is 12.2. The average molecular weight is 357 g/mol. The standard InChI is InChI=1S/C13H13BrN2O3S/c14-11-6-12(8-15-7-11)20(18,19)16-13(9-17)10-4-2-1-3-5-10/h1-8,13,16-17H,9H2/t13-/m1/s1. The van der Waals surface area contributed by atoms with Crippen LogP contribution in [0.3, 0.4) is 0 Å². The lowest BCUT2D eigenvalue weighted by molar-refractivity contribution is 0.259. The quantitative estimate of drug-likeness (QED) is 0.856. The highest BCUT2D eigenvalue weighted by atomic mass is 79.9. The van der Waals surface area contributed by atoms with E-state index in [2.05, 4.69) is 25.6 Å². The van der Waals surface area contributed by atoms with E-state index in [1.54, 1.807) is 24.3 Å². The van der Waals surface area contributed by atoms with E-state index in [0.29, 0.717) is 10.0 Å². The molecule has 1 heterocycles. The normalized spacial score (nSPS) is 13.1. The number of sulfonamides is 1. The summed E-state index contributed by atoms with van der Waals surface area (Å²) >= 11 is 3.18. The molecule has 106 valence electrons. The second kappa shape index (κ2) is 6.45. The van der Waals surface area contributed by atoms with E-state index in [0.717, 1.165) is 0 Å². The van der Waals surface area contributed by atoms with Crippen LogP contribution in [0, 0.1) is 0 Å². The topological polar surface area (TPSA) is 79.3 Å². The summed E-state index contributed by atoms with van der Waals surface area (Å²) in [6.07, 6.45) is 2.76. The molecule has 0 fully saturated rings. The van der Waals surface area contributed by atoms with E-state index < -0.39 is 16.1 Å². The van der Waals surface area contributed by atoms with Crippen molar-refractivity contribution in [3.63, 3.8) is 0 Å². The SMILES string of the molecule is O=S(=O)(N[C@H](CO)c1ccccc1)c1cncc(Br)c1. The first-order chi connectivity index (χ1) is 9.53. The molecule has 0 bridgehead atoms. The Labute approximate surface area is 125 Å². The highest BCUT2D eigenvalue weighted by Gasteiger charge is 2.21. The van der Waals surface area contributed by atoms with Crippen molar-refractivity contribution in [1.29, 1.82) is 0 Å². The Hall–Kier alpha value is -1.28. The van der Waals surface area contributed by atoms with E-state index in [-0.39, 0.29) is 11.5 Å². The van der Waals surface area contributed by atoms with Crippen LogP contribution in [0.1, 0.15) is 11.6 Å². The molecule has 2 rings (SSSR count). The van der Waals surface area contributed by atoms with Crippen LogP contribution in [0.2, 0.25) is 0 Å². The van der Waals surface area contributed by atoms with Gasteiger partial charge in [0.25, 0.3) is 0 Å². The number of aliphatic hydroxyl groups excluding tert-OH is 1. The van der Waals surface area contributed by atoms with E-state index in [9.17, 15) is 13.5 Å². The van der Waals surface area contributed by atoms with Gasteiger partial charge in [0.15, 0.2) is 0 Å². The van der Waals surface area contributed by atoms with Crippen molar-refractivity contribution in [1.82, 2.24) is 9.71 Å². The Balaban J connectivity index is 2.27. The number of nitrogens with one attached hydrogen (secondary N) is 1. The number of pyridine rings is 1. The Kier molecular flexibility index (Phi) is 4.87. The minimum atomic E-state index is -3.74. The minimum absolute atomic E-state index is 0.0428. The fourth-order valence-corrected chi connectivity index (χ4v) is 3.41. The van der Waals surface area contributed by atoms with Crippen LogP contribution < -0.4 is 4.72 Å². The number of aliphatic hydroxyl groups is 1. The van der Waals surface area contributed by atoms with Crippen LogP contribution in [0.15, 0.2) is 58.2 Å². The molecule has 0 saturated heterocycles. The number of rotatable bonds is 5. The largest absolute Gasteiger partial charge is 0.394 e. The molecule has 0 aliphatic carbocycles. The van der Waals surface area contributed by atoms with Gasteiger partial charge >= 0.3 is 0 Å². The second-order valence-corrected chi connectivity index (χ2v) is 6.74. The Morgan fingerprint density at radius 2 is 1.95 bits per heavy atom. The van der Waals surface area contributed by atoms with Gasteiger partial charge in [-0.3, -0.25) is 4.98 Å². The van der Waals surface area contributed by atoms with Gasteiger partial charge in [-0.1, -0.05) is 30.3 Å². The molecule has 1 aromatic carbocycles. The van der Waals surface area contributed by atoms with Crippen LogP contribution in [-0.4, -0.2) is 25.1 Å². The second-order valence-electron chi connectivity index (χ2n) is 4.11. The first-order valence-corrected chi connectivity index (χ1v) is 8.09. The van der Waals surface area contributed by atoms with E-state index in [1.165, 1.54) is 18.5 Å². The molecule has 0 spiro atoms. The van der Waals surface area contributed by atoms with Crippen LogP contribution in [0.4, 0.5) is 0 Å². The zero-order chi connectivity index (χ0) is 14.6. The van der Waals surface area contributed by atoms with Crippen molar-refractivity contribution in [2.24, 2.45) is 0 Å². The maximum absolute atomic E-state index is 12.2. The van der Waals surface area contributed by atoms with Gasteiger partial charge in [-0.05, 0) is 27.6 Å². The average Bonchev–Trinajstić information content (AvgIpc) is 2.46. The lowest BCUT2D eigenvalue weighted by atomic mass is 10.1. The number of aromatic nitrogens is 1. The molecule has 0 radical (unpaired) electrons. The number of nitrogens with zero attached hydrogens (tertiary/aromatic N) is 1. The molecular weight excluding hydrogens is 344 g/mol. The van der Waals surface area contributed by atoms with Crippen LogP contribution >= 0.6 is 15.9 Å². The molecule has 0 aliphatic rings. The lowest BCUT2D eigenvalue weighted by Crippen LogP contribution is -2.31. The van der Waals surface area contributed by atoms with Crippen LogP contribution in [-0.2, 0) is 10.0 Å². The fraction of sp³-hybridized carbons (Fsp3) is 0.154. The molecule has 0 amide bonds. The molecule has 1 aromatic heterocycles. The highest BCUT2D eigenvalue weighted by Crippen LogP contribution is 2.18. The summed E-state index contributed by atoms with van der Waals surface area (Å²) in [6, 6.07) is 9.66. The first-order valence-electron chi connectivity index (χ1n) is 5.81. The third-order valence-corrected chi connectivity index (χ3v) is 4.54. The zero-order valence-corrected chi connectivity index (χ0v) is 12.8. The summed E-state index contributed by atoms with van der Waals surface area (Å²) in [5.74, 6) is 0. The van der Waals surface area contributed by atoms with Gasteiger partial charge in [-0.2, -0.15) is 0 Å². The van der Waals surface area contributed by atoms with Gasteiger partial charge in [-0.25, -0.2) is 13.1 Å². The molecule has 0 aliphatic heterocycles.